The summed E-state index contributed by atoms with van der Waals surface area (Å²) in [4.78, 5) is 9.10. The Morgan fingerprint density at radius 1 is 1.11 bits per heavy atom. The first-order valence-corrected chi connectivity index (χ1v) is 10.6. The minimum absolute atomic E-state index is 0.363. The van der Waals surface area contributed by atoms with Crippen molar-refractivity contribution >= 4 is 38.5 Å². The maximum Gasteiger partial charge on any atom is 0.211 e. The first-order chi connectivity index (χ1) is 12.6. The zero-order valence-electron chi connectivity index (χ0n) is 16.2. The SMILES string of the molecule is CCN(CCN=C1C=CC(=Nc2cc(C)c(N)cc2N)C(C)=C1)S(C)(=O)=O. The van der Waals surface area contributed by atoms with Gasteiger partial charge in [0.15, 0.2) is 0 Å². The Morgan fingerprint density at radius 3 is 2.41 bits per heavy atom. The van der Waals surface area contributed by atoms with E-state index in [0.29, 0.717) is 36.7 Å². The second-order valence-electron chi connectivity index (χ2n) is 6.49. The first-order valence-electron chi connectivity index (χ1n) is 8.72. The van der Waals surface area contributed by atoms with Gasteiger partial charge < -0.3 is 11.5 Å². The molecule has 0 heterocycles. The average Bonchev–Trinajstić information content (AvgIpc) is 2.57. The lowest BCUT2D eigenvalue weighted by atomic mass is 10.0. The molecule has 27 heavy (non-hydrogen) atoms. The second-order valence-corrected chi connectivity index (χ2v) is 8.47. The van der Waals surface area contributed by atoms with Gasteiger partial charge in [-0.25, -0.2) is 17.7 Å². The number of benzene rings is 1. The number of aryl methyl sites for hydroxylation is 1. The van der Waals surface area contributed by atoms with Gasteiger partial charge in [-0.15, -0.1) is 0 Å². The van der Waals surface area contributed by atoms with Crippen molar-refractivity contribution < 1.29 is 8.42 Å². The molecule has 0 aromatic heterocycles. The molecule has 8 heteroatoms. The van der Waals surface area contributed by atoms with Crippen LogP contribution in [-0.4, -0.2) is 50.0 Å². The fourth-order valence-corrected chi connectivity index (χ4v) is 3.55. The van der Waals surface area contributed by atoms with Crippen LogP contribution in [0.2, 0.25) is 0 Å². The average molecular weight is 390 g/mol. The van der Waals surface area contributed by atoms with Gasteiger partial charge >= 0.3 is 0 Å². The fraction of sp³-hybridized carbons (Fsp3) is 0.368. The number of sulfonamides is 1. The monoisotopic (exact) mass is 389 g/mol. The highest BCUT2D eigenvalue weighted by Crippen LogP contribution is 2.28. The van der Waals surface area contributed by atoms with Crippen molar-refractivity contribution in [1.29, 1.82) is 0 Å². The molecule has 0 radical (unpaired) electrons. The number of aliphatic imine (C=N–C) groups is 2. The van der Waals surface area contributed by atoms with Gasteiger partial charge in [-0.1, -0.05) is 6.92 Å². The number of nitrogen functional groups attached to an aromatic ring is 2. The van der Waals surface area contributed by atoms with Gasteiger partial charge in [-0.2, -0.15) is 0 Å². The number of hydrogen-bond acceptors (Lipinski definition) is 6. The van der Waals surface area contributed by atoms with Crippen LogP contribution >= 0.6 is 0 Å². The maximum absolute atomic E-state index is 11.6. The molecule has 1 aromatic carbocycles. The molecule has 0 saturated carbocycles. The van der Waals surface area contributed by atoms with Gasteiger partial charge in [0.25, 0.3) is 0 Å². The van der Waals surface area contributed by atoms with Gasteiger partial charge in [-0.05, 0) is 55.3 Å². The molecule has 2 rings (SSSR count). The van der Waals surface area contributed by atoms with Crippen LogP contribution in [0.4, 0.5) is 17.1 Å². The Bertz CT molecular complexity index is 943. The highest BCUT2D eigenvalue weighted by atomic mass is 32.2. The Labute approximate surface area is 161 Å². The van der Waals surface area contributed by atoms with E-state index < -0.39 is 10.0 Å². The normalized spacial score (nSPS) is 17.7. The Kier molecular flexibility index (Phi) is 6.56. The van der Waals surface area contributed by atoms with Crippen LogP contribution < -0.4 is 11.5 Å². The molecule has 0 spiro atoms. The van der Waals surface area contributed by atoms with Gasteiger partial charge in [0.1, 0.15) is 0 Å². The van der Waals surface area contributed by atoms with Gasteiger partial charge in [-0.3, -0.25) is 4.99 Å². The Balaban J connectivity index is 2.14. The van der Waals surface area contributed by atoms with Crippen LogP contribution in [0, 0.1) is 6.92 Å². The number of likely N-dealkylation sites (N-methyl/N-ethyl adjacent to an activating group) is 1. The first kappa shape index (κ1) is 20.9. The molecule has 4 N–H and O–H groups in total. The highest BCUT2D eigenvalue weighted by molar-refractivity contribution is 7.88. The van der Waals surface area contributed by atoms with Crippen LogP contribution in [0.3, 0.4) is 0 Å². The third kappa shape index (κ3) is 5.51. The molecular weight excluding hydrogens is 362 g/mol. The van der Waals surface area contributed by atoms with Crippen molar-refractivity contribution in [2.75, 3.05) is 37.4 Å². The molecule has 0 aliphatic heterocycles. The summed E-state index contributed by atoms with van der Waals surface area (Å²) in [5.41, 5.74) is 17.2. The predicted molar refractivity (Wildman–Crippen MR) is 114 cm³/mol. The molecule has 0 unspecified atom stereocenters. The Morgan fingerprint density at radius 2 is 1.81 bits per heavy atom. The molecule has 1 aliphatic rings. The maximum atomic E-state index is 11.6. The molecule has 7 nitrogen and oxygen atoms in total. The summed E-state index contributed by atoms with van der Waals surface area (Å²) in [6, 6.07) is 3.58. The topological polar surface area (TPSA) is 114 Å². The minimum Gasteiger partial charge on any atom is -0.398 e. The van der Waals surface area contributed by atoms with Crippen LogP contribution in [0.5, 0.6) is 0 Å². The van der Waals surface area contributed by atoms with Gasteiger partial charge in [0.2, 0.25) is 10.0 Å². The lowest BCUT2D eigenvalue weighted by molar-refractivity contribution is 0.440. The summed E-state index contributed by atoms with van der Waals surface area (Å²) in [7, 11) is -3.19. The van der Waals surface area contributed by atoms with E-state index in [1.165, 1.54) is 10.6 Å². The Hall–Kier alpha value is -2.45. The molecule has 0 amide bonds. The van der Waals surface area contributed by atoms with E-state index in [2.05, 4.69) is 9.98 Å². The second kappa shape index (κ2) is 8.49. The standard InChI is InChI=1S/C19H27N5O2S/c1-5-24(27(4,25)26)9-8-22-15-6-7-18(14(3)10-15)23-19-11-13(2)16(20)12-17(19)21/h6-7,10-12H,5,8-9,20-21H2,1-4H3. The molecule has 1 aromatic rings. The number of nitrogens with two attached hydrogens (primary N) is 2. The van der Waals surface area contributed by atoms with E-state index in [9.17, 15) is 8.42 Å². The fourth-order valence-electron chi connectivity index (χ4n) is 2.67. The van der Waals surface area contributed by atoms with Crippen LogP contribution in [0.25, 0.3) is 0 Å². The number of allylic oxidation sites excluding steroid dienone is 4. The highest BCUT2D eigenvalue weighted by Gasteiger charge is 2.13. The smallest absolute Gasteiger partial charge is 0.211 e. The summed E-state index contributed by atoms with van der Waals surface area (Å²) in [6.07, 6.45) is 6.88. The molecule has 0 saturated heterocycles. The van der Waals surface area contributed by atoms with Crippen LogP contribution in [0.15, 0.2) is 45.9 Å². The zero-order valence-corrected chi connectivity index (χ0v) is 17.0. The summed E-state index contributed by atoms with van der Waals surface area (Å²) >= 11 is 0. The summed E-state index contributed by atoms with van der Waals surface area (Å²) in [5.74, 6) is 0. The predicted octanol–water partition coefficient (Wildman–Crippen LogP) is 2.47. The third-order valence-electron chi connectivity index (χ3n) is 4.30. The van der Waals surface area contributed by atoms with E-state index in [1.807, 2.05) is 45.1 Å². The number of hydrogen-bond donors (Lipinski definition) is 2. The molecule has 146 valence electrons. The van der Waals surface area contributed by atoms with E-state index in [0.717, 1.165) is 22.6 Å². The van der Waals surface area contributed by atoms with E-state index in [4.69, 9.17) is 11.5 Å². The molecule has 0 atom stereocenters. The largest absolute Gasteiger partial charge is 0.398 e. The van der Waals surface area contributed by atoms with Crippen LogP contribution in [-0.2, 0) is 10.0 Å². The van der Waals surface area contributed by atoms with Crippen molar-refractivity contribution in [3.05, 3.63) is 41.5 Å². The number of anilines is 2. The minimum atomic E-state index is -3.19. The van der Waals surface area contributed by atoms with Crippen LogP contribution in [0.1, 0.15) is 19.4 Å². The van der Waals surface area contributed by atoms with Gasteiger partial charge in [0, 0.05) is 18.8 Å². The third-order valence-corrected chi connectivity index (χ3v) is 5.68. The summed E-state index contributed by atoms with van der Waals surface area (Å²) in [6.45, 7) is 6.88. The lowest BCUT2D eigenvalue weighted by Crippen LogP contribution is -2.32. The number of nitrogens with zero attached hydrogens (tertiary/aromatic N) is 3. The van der Waals surface area contributed by atoms with E-state index in [1.54, 1.807) is 6.07 Å². The molecule has 0 bridgehead atoms. The van der Waals surface area contributed by atoms with Crippen molar-refractivity contribution in [1.82, 2.24) is 4.31 Å². The summed E-state index contributed by atoms with van der Waals surface area (Å²) < 4.78 is 24.6. The van der Waals surface area contributed by atoms with Gasteiger partial charge in [0.05, 0.1) is 35.6 Å². The quantitative estimate of drug-likeness (QED) is 0.574. The van der Waals surface area contributed by atoms with Crippen molar-refractivity contribution in [3.8, 4) is 0 Å². The molecule has 0 fully saturated rings. The molecular formula is C19H27N5O2S. The molecule has 1 aliphatic carbocycles. The summed E-state index contributed by atoms with van der Waals surface area (Å²) in [5, 5.41) is 0. The van der Waals surface area contributed by atoms with Crippen molar-refractivity contribution in [2.24, 2.45) is 9.98 Å². The number of rotatable bonds is 6. The zero-order chi connectivity index (χ0) is 20.2. The van der Waals surface area contributed by atoms with Crippen molar-refractivity contribution in [2.45, 2.75) is 20.8 Å². The lowest BCUT2D eigenvalue weighted by Gasteiger charge is -2.16. The van der Waals surface area contributed by atoms with Crippen molar-refractivity contribution in [3.63, 3.8) is 0 Å². The van der Waals surface area contributed by atoms with E-state index >= 15 is 0 Å². The van der Waals surface area contributed by atoms with E-state index in [-0.39, 0.29) is 0 Å².